The summed E-state index contributed by atoms with van der Waals surface area (Å²) in [5.74, 6) is 0.898. The third kappa shape index (κ3) is 3.83. The molecule has 0 radical (unpaired) electrons. The summed E-state index contributed by atoms with van der Waals surface area (Å²) in [6.07, 6.45) is 4.08. The fourth-order valence-corrected chi connectivity index (χ4v) is 2.59. The molecule has 0 aromatic heterocycles. The van der Waals surface area contributed by atoms with Crippen LogP contribution < -0.4 is 5.73 Å². The zero-order valence-corrected chi connectivity index (χ0v) is 10.9. The Bertz CT molecular complexity index is 349. The molecule has 0 bridgehead atoms. The number of rotatable bonds is 3. The van der Waals surface area contributed by atoms with Gasteiger partial charge in [0.25, 0.3) is 0 Å². The Morgan fingerprint density at radius 3 is 2.88 bits per heavy atom. The molecule has 0 spiro atoms. The molecule has 1 heterocycles. The topological polar surface area (TPSA) is 29.3 Å². The molecule has 2 rings (SSSR count). The van der Waals surface area contributed by atoms with E-state index in [1.165, 1.54) is 43.5 Å². The van der Waals surface area contributed by atoms with Gasteiger partial charge in [0.2, 0.25) is 0 Å². The number of nitrogens with zero attached hydrogens (tertiary/aromatic N) is 1. The minimum atomic E-state index is 0.644. The summed E-state index contributed by atoms with van der Waals surface area (Å²) < 4.78 is 0. The zero-order valence-electron chi connectivity index (χ0n) is 10.9. The zero-order chi connectivity index (χ0) is 12.1. The fraction of sp³-hybridized carbons (Fsp3) is 0.600. The van der Waals surface area contributed by atoms with Crippen LogP contribution in [-0.2, 0) is 13.1 Å². The van der Waals surface area contributed by atoms with Crippen molar-refractivity contribution in [2.75, 3.05) is 13.1 Å². The van der Waals surface area contributed by atoms with Gasteiger partial charge < -0.3 is 5.73 Å². The van der Waals surface area contributed by atoms with Crippen LogP contribution in [0.25, 0.3) is 0 Å². The van der Waals surface area contributed by atoms with E-state index in [-0.39, 0.29) is 0 Å². The predicted molar refractivity (Wildman–Crippen MR) is 72.6 cm³/mol. The van der Waals surface area contributed by atoms with Gasteiger partial charge in [0, 0.05) is 13.1 Å². The smallest absolute Gasteiger partial charge is 0.0233 e. The van der Waals surface area contributed by atoms with E-state index in [2.05, 4.69) is 36.1 Å². The molecule has 94 valence electrons. The van der Waals surface area contributed by atoms with Crippen molar-refractivity contribution >= 4 is 0 Å². The van der Waals surface area contributed by atoms with E-state index in [4.69, 9.17) is 5.73 Å². The molecule has 1 atom stereocenters. The number of hydrogen-bond donors (Lipinski definition) is 1. The van der Waals surface area contributed by atoms with Gasteiger partial charge in [-0.15, -0.1) is 0 Å². The van der Waals surface area contributed by atoms with Crippen molar-refractivity contribution in [3.05, 3.63) is 35.4 Å². The van der Waals surface area contributed by atoms with E-state index in [0.717, 1.165) is 12.5 Å². The molecule has 1 aromatic carbocycles. The van der Waals surface area contributed by atoms with E-state index in [1.54, 1.807) is 0 Å². The van der Waals surface area contributed by atoms with Crippen LogP contribution in [0.4, 0.5) is 0 Å². The third-order valence-electron chi connectivity index (χ3n) is 3.74. The average molecular weight is 232 g/mol. The largest absolute Gasteiger partial charge is 0.326 e. The van der Waals surface area contributed by atoms with Crippen LogP contribution in [-0.4, -0.2) is 18.0 Å². The van der Waals surface area contributed by atoms with Gasteiger partial charge in [-0.05, 0) is 49.4 Å². The summed E-state index contributed by atoms with van der Waals surface area (Å²) >= 11 is 0. The first kappa shape index (κ1) is 12.6. The highest BCUT2D eigenvalue weighted by Gasteiger charge is 2.13. The molecule has 1 aromatic rings. The molecule has 1 unspecified atom stereocenters. The van der Waals surface area contributed by atoms with Crippen LogP contribution in [0.5, 0.6) is 0 Å². The van der Waals surface area contributed by atoms with Gasteiger partial charge in [-0.2, -0.15) is 0 Å². The van der Waals surface area contributed by atoms with Crippen molar-refractivity contribution in [2.45, 2.75) is 39.3 Å². The number of likely N-dealkylation sites (tertiary alicyclic amines) is 1. The highest BCUT2D eigenvalue weighted by Crippen LogP contribution is 2.18. The van der Waals surface area contributed by atoms with Crippen LogP contribution in [0.1, 0.15) is 37.3 Å². The van der Waals surface area contributed by atoms with Crippen LogP contribution in [0.2, 0.25) is 0 Å². The average Bonchev–Trinajstić information content (AvgIpc) is 2.55. The molecule has 2 heteroatoms. The van der Waals surface area contributed by atoms with E-state index in [1.807, 2.05) is 0 Å². The molecule has 0 saturated carbocycles. The van der Waals surface area contributed by atoms with Crippen LogP contribution >= 0.6 is 0 Å². The van der Waals surface area contributed by atoms with E-state index >= 15 is 0 Å². The fourth-order valence-electron chi connectivity index (χ4n) is 2.59. The molecular formula is C15H24N2. The summed E-state index contributed by atoms with van der Waals surface area (Å²) in [6, 6.07) is 8.69. The van der Waals surface area contributed by atoms with Crippen molar-refractivity contribution in [1.29, 1.82) is 0 Å². The number of hydrogen-bond acceptors (Lipinski definition) is 2. The number of benzene rings is 1. The van der Waals surface area contributed by atoms with E-state index < -0.39 is 0 Å². The summed E-state index contributed by atoms with van der Waals surface area (Å²) in [4.78, 5) is 2.58. The van der Waals surface area contributed by atoms with Gasteiger partial charge in [0.05, 0.1) is 0 Å². The Morgan fingerprint density at radius 1 is 1.24 bits per heavy atom. The van der Waals surface area contributed by atoms with Gasteiger partial charge in [0.15, 0.2) is 0 Å². The van der Waals surface area contributed by atoms with Gasteiger partial charge in [-0.25, -0.2) is 0 Å². The second-order valence-corrected chi connectivity index (χ2v) is 5.34. The lowest BCUT2D eigenvalue weighted by atomic mass is 10.0. The second kappa shape index (κ2) is 6.18. The lowest BCUT2D eigenvalue weighted by Crippen LogP contribution is -2.24. The van der Waals surface area contributed by atoms with Crippen LogP contribution in [0.15, 0.2) is 24.3 Å². The van der Waals surface area contributed by atoms with Crippen molar-refractivity contribution in [3.8, 4) is 0 Å². The molecule has 1 fully saturated rings. The number of nitrogens with two attached hydrogens (primary N) is 1. The maximum Gasteiger partial charge on any atom is 0.0233 e. The summed E-state index contributed by atoms with van der Waals surface area (Å²) in [5.41, 5.74) is 8.33. The summed E-state index contributed by atoms with van der Waals surface area (Å²) in [6.45, 7) is 6.59. The van der Waals surface area contributed by atoms with Gasteiger partial charge in [-0.3, -0.25) is 4.90 Å². The van der Waals surface area contributed by atoms with Crippen molar-refractivity contribution in [3.63, 3.8) is 0 Å². The first-order chi connectivity index (χ1) is 8.28. The molecule has 1 saturated heterocycles. The highest BCUT2D eigenvalue weighted by molar-refractivity contribution is 5.23. The highest BCUT2D eigenvalue weighted by atomic mass is 15.1. The van der Waals surface area contributed by atoms with Crippen molar-refractivity contribution in [2.24, 2.45) is 11.7 Å². The van der Waals surface area contributed by atoms with Crippen molar-refractivity contribution in [1.82, 2.24) is 4.90 Å². The predicted octanol–water partition coefficient (Wildman–Crippen LogP) is 2.77. The standard InChI is InChI=1S/C15H24N2/c1-13-4-3-8-17(9-7-13)12-15-6-2-5-14(10-15)11-16/h2,5-6,10,13H,3-4,7-9,11-12,16H2,1H3. The third-order valence-corrected chi connectivity index (χ3v) is 3.74. The van der Waals surface area contributed by atoms with Crippen LogP contribution in [0, 0.1) is 5.92 Å². The maximum atomic E-state index is 5.68. The molecule has 0 amide bonds. The van der Waals surface area contributed by atoms with Crippen molar-refractivity contribution < 1.29 is 0 Å². The maximum absolute atomic E-state index is 5.68. The Hall–Kier alpha value is -0.860. The molecule has 1 aliphatic heterocycles. The molecule has 1 aliphatic rings. The molecular weight excluding hydrogens is 208 g/mol. The lowest BCUT2D eigenvalue weighted by molar-refractivity contribution is 0.273. The first-order valence-corrected chi connectivity index (χ1v) is 6.78. The lowest BCUT2D eigenvalue weighted by Gasteiger charge is -2.20. The summed E-state index contributed by atoms with van der Waals surface area (Å²) in [7, 11) is 0. The van der Waals surface area contributed by atoms with E-state index in [0.29, 0.717) is 6.54 Å². The molecule has 0 aliphatic carbocycles. The summed E-state index contributed by atoms with van der Waals surface area (Å²) in [5, 5.41) is 0. The van der Waals surface area contributed by atoms with Gasteiger partial charge >= 0.3 is 0 Å². The normalized spacial score (nSPS) is 22.4. The van der Waals surface area contributed by atoms with E-state index in [9.17, 15) is 0 Å². The Morgan fingerprint density at radius 2 is 2.06 bits per heavy atom. The monoisotopic (exact) mass is 232 g/mol. The first-order valence-electron chi connectivity index (χ1n) is 6.78. The minimum absolute atomic E-state index is 0.644. The van der Waals surface area contributed by atoms with Crippen LogP contribution in [0.3, 0.4) is 0 Å². The SMILES string of the molecule is CC1CCCN(Cc2cccc(CN)c2)CC1. The molecule has 2 N–H and O–H groups in total. The Kier molecular flexibility index (Phi) is 4.57. The molecule has 17 heavy (non-hydrogen) atoms. The van der Waals surface area contributed by atoms with Gasteiger partial charge in [0.1, 0.15) is 0 Å². The molecule has 2 nitrogen and oxygen atoms in total. The quantitative estimate of drug-likeness (QED) is 0.868. The Labute approximate surface area is 105 Å². The second-order valence-electron chi connectivity index (χ2n) is 5.34. The Balaban J connectivity index is 1.94. The minimum Gasteiger partial charge on any atom is -0.326 e. The van der Waals surface area contributed by atoms with Gasteiger partial charge in [-0.1, -0.05) is 31.2 Å².